The van der Waals surface area contributed by atoms with Gasteiger partial charge in [-0.15, -0.1) is 10.2 Å². The van der Waals surface area contributed by atoms with Gasteiger partial charge in [0.2, 0.25) is 0 Å². The third-order valence-corrected chi connectivity index (χ3v) is 6.99. The summed E-state index contributed by atoms with van der Waals surface area (Å²) in [7, 11) is -0.214. The molecular weight excluding hydrogens is 366 g/mol. The monoisotopic (exact) mass is 391 g/mol. The van der Waals surface area contributed by atoms with E-state index in [0.717, 1.165) is 24.8 Å². The molecule has 0 aliphatic heterocycles. The van der Waals surface area contributed by atoms with Crippen LogP contribution in [0.25, 0.3) is 0 Å². The van der Waals surface area contributed by atoms with Gasteiger partial charge in [0.1, 0.15) is 5.82 Å². The molecule has 0 spiro atoms. The van der Waals surface area contributed by atoms with Crippen LogP contribution in [0, 0.1) is 0 Å². The molecule has 27 heavy (non-hydrogen) atoms. The number of rotatable bonds is 7. The van der Waals surface area contributed by atoms with Crippen LogP contribution in [-0.2, 0) is 16.4 Å². The largest absolute Gasteiger partial charge is 0.493 e. The zero-order chi connectivity index (χ0) is 19.3. The van der Waals surface area contributed by atoms with Crippen LogP contribution in [0.1, 0.15) is 37.7 Å². The molecule has 7 nitrogen and oxygen atoms in total. The molecule has 0 radical (unpaired) electrons. The van der Waals surface area contributed by atoms with Crippen molar-refractivity contribution >= 4 is 15.7 Å². The number of benzene rings is 1. The second-order valence-electron chi connectivity index (χ2n) is 6.60. The van der Waals surface area contributed by atoms with Crippen molar-refractivity contribution in [3.05, 3.63) is 35.9 Å². The zero-order valence-corrected chi connectivity index (χ0v) is 16.5. The molecule has 0 atom stereocenters. The van der Waals surface area contributed by atoms with Gasteiger partial charge in [0, 0.05) is 6.54 Å². The van der Waals surface area contributed by atoms with Gasteiger partial charge in [-0.05, 0) is 42.7 Å². The number of sulfone groups is 1. The molecule has 3 rings (SSSR count). The molecule has 1 N–H and O–H groups in total. The van der Waals surface area contributed by atoms with E-state index in [4.69, 9.17) is 9.47 Å². The lowest BCUT2D eigenvalue weighted by molar-refractivity contribution is 0.354. The normalized spacial score (nSPS) is 15.3. The quantitative estimate of drug-likeness (QED) is 0.775. The highest BCUT2D eigenvalue weighted by Gasteiger charge is 2.30. The highest BCUT2D eigenvalue weighted by atomic mass is 32.2. The maximum absolute atomic E-state index is 12.7. The number of anilines is 1. The summed E-state index contributed by atoms with van der Waals surface area (Å²) in [5, 5.41) is 10.9. The number of ether oxygens (including phenoxy) is 2. The lowest BCUT2D eigenvalue weighted by Gasteiger charge is -2.20. The van der Waals surface area contributed by atoms with Crippen LogP contribution in [0.15, 0.2) is 35.4 Å². The predicted molar refractivity (Wildman–Crippen MR) is 103 cm³/mol. The summed E-state index contributed by atoms with van der Waals surface area (Å²) in [6, 6.07) is 8.82. The lowest BCUT2D eigenvalue weighted by atomic mass is 10.0. The Labute approximate surface area is 160 Å². The van der Waals surface area contributed by atoms with E-state index in [1.807, 2.05) is 18.2 Å². The summed E-state index contributed by atoms with van der Waals surface area (Å²) in [6.07, 6.45) is 4.45. The smallest absolute Gasteiger partial charge is 0.200 e. The van der Waals surface area contributed by atoms with E-state index in [1.54, 1.807) is 20.3 Å². The fourth-order valence-corrected chi connectivity index (χ4v) is 5.00. The van der Waals surface area contributed by atoms with Gasteiger partial charge in [-0.1, -0.05) is 25.3 Å². The predicted octanol–water partition coefficient (Wildman–Crippen LogP) is 3.21. The second kappa shape index (κ2) is 8.56. The number of aromatic nitrogens is 2. The van der Waals surface area contributed by atoms with Gasteiger partial charge >= 0.3 is 0 Å². The highest BCUT2D eigenvalue weighted by Crippen LogP contribution is 2.29. The van der Waals surface area contributed by atoms with Gasteiger partial charge in [0.15, 0.2) is 26.4 Å². The molecule has 0 saturated heterocycles. The van der Waals surface area contributed by atoms with E-state index < -0.39 is 9.84 Å². The van der Waals surface area contributed by atoms with E-state index in [2.05, 4.69) is 15.5 Å². The van der Waals surface area contributed by atoms with Gasteiger partial charge in [-0.2, -0.15) is 0 Å². The molecule has 1 fully saturated rings. The molecule has 1 saturated carbocycles. The summed E-state index contributed by atoms with van der Waals surface area (Å²) < 4.78 is 35.8. The zero-order valence-electron chi connectivity index (χ0n) is 15.6. The van der Waals surface area contributed by atoms with Crippen LogP contribution < -0.4 is 14.8 Å². The van der Waals surface area contributed by atoms with Crippen molar-refractivity contribution < 1.29 is 17.9 Å². The van der Waals surface area contributed by atoms with Crippen molar-refractivity contribution in [1.82, 2.24) is 10.2 Å². The molecule has 0 unspecified atom stereocenters. The van der Waals surface area contributed by atoms with Gasteiger partial charge in [0.05, 0.1) is 19.5 Å². The number of nitrogens with one attached hydrogen (secondary N) is 1. The Morgan fingerprint density at radius 1 is 1.00 bits per heavy atom. The average Bonchev–Trinajstić information content (AvgIpc) is 2.73. The average molecular weight is 391 g/mol. The van der Waals surface area contributed by atoms with Crippen molar-refractivity contribution in [2.45, 2.75) is 48.9 Å². The van der Waals surface area contributed by atoms with E-state index in [1.165, 1.54) is 6.07 Å². The first-order valence-corrected chi connectivity index (χ1v) is 10.6. The van der Waals surface area contributed by atoms with Crippen molar-refractivity contribution in [2.75, 3.05) is 19.5 Å². The molecule has 1 heterocycles. The highest BCUT2D eigenvalue weighted by molar-refractivity contribution is 7.92. The maximum Gasteiger partial charge on any atom is 0.200 e. The van der Waals surface area contributed by atoms with Crippen molar-refractivity contribution in [1.29, 1.82) is 0 Å². The Hall–Kier alpha value is -2.35. The molecule has 8 heteroatoms. The van der Waals surface area contributed by atoms with E-state index in [0.29, 0.717) is 36.7 Å². The van der Waals surface area contributed by atoms with Crippen LogP contribution in [0.3, 0.4) is 0 Å². The number of methoxy groups -OCH3 is 2. The molecular formula is C19H25N3O4S. The fraction of sp³-hybridized carbons (Fsp3) is 0.474. The van der Waals surface area contributed by atoms with Crippen molar-refractivity contribution in [3.63, 3.8) is 0 Å². The minimum atomic E-state index is -3.39. The first-order valence-electron chi connectivity index (χ1n) is 9.07. The minimum Gasteiger partial charge on any atom is -0.493 e. The summed E-state index contributed by atoms with van der Waals surface area (Å²) in [5.74, 6) is 1.84. The van der Waals surface area contributed by atoms with Gasteiger partial charge in [-0.3, -0.25) is 0 Å². The Kier molecular flexibility index (Phi) is 6.15. The summed E-state index contributed by atoms with van der Waals surface area (Å²) in [6.45, 7) is 0.504. The van der Waals surface area contributed by atoms with E-state index >= 15 is 0 Å². The number of nitrogens with zero attached hydrogens (tertiary/aromatic N) is 2. The minimum absolute atomic E-state index is 0.0612. The Morgan fingerprint density at radius 3 is 2.37 bits per heavy atom. The standard InChI is InChI=1S/C19H25N3O4S/c1-25-16-9-8-14(12-17(16)26-2)13-20-18-10-11-19(22-21-18)27(23,24)15-6-4-3-5-7-15/h8-12,15H,3-7,13H2,1-2H3,(H,20,21). The molecule has 1 aromatic heterocycles. The Bertz CT molecular complexity index is 863. The molecule has 2 aromatic rings. The van der Waals surface area contributed by atoms with Crippen molar-refractivity contribution in [2.24, 2.45) is 0 Å². The molecule has 0 amide bonds. The number of hydrogen-bond acceptors (Lipinski definition) is 7. The van der Waals surface area contributed by atoms with Crippen LogP contribution >= 0.6 is 0 Å². The first-order chi connectivity index (χ1) is 13.0. The van der Waals surface area contributed by atoms with Gasteiger partial charge in [-0.25, -0.2) is 8.42 Å². The molecule has 0 bridgehead atoms. The van der Waals surface area contributed by atoms with Gasteiger partial charge < -0.3 is 14.8 Å². The lowest BCUT2D eigenvalue weighted by Crippen LogP contribution is -2.25. The van der Waals surface area contributed by atoms with E-state index in [-0.39, 0.29) is 10.3 Å². The molecule has 1 aliphatic carbocycles. The van der Waals surface area contributed by atoms with Crippen LogP contribution in [0.2, 0.25) is 0 Å². The van der Waals surface area contributed by atoms with Crippen LogP contribution in [0.5, 0.6) is 11.5 Å². The van der Waals surface area contributed by atoms with Crippen LogP contribution in [-0.4, -0.2) is 38.1 Å². The topological polar surface area (TPSA) is 90.4 Å². The molecule has 146 valence electrons. The molecule has 1 aliphatic rings. The molecule has 1 aromatic carbocycles. The maximum atomic E-state index is 12.7. The van der Waals surface area contributed by atoms with E-state index in [9.17, 15) is 8.42 Å². The summed E-state index contributed by atoms with van der Waals surface area (Å²) >= 11 is 0. The van der Waals surface area contributed by atoms with Crippen LogP contribution in [0.4, 0.5) is 5.82 Å². The summed E-state index contributed by atoms with van der Waals surface area (Å²) in [5.41, 5.74) is 0.980. The Balaban J connectivity index is 1.66. The SMILES string of the molecule is COc1ccc(CNc2ccc(S(=O)(=O)C3CCCCC3)nn2)cc1OC. The number of hydrogen-bond donors (Lipinski definition) is 1. The Morgan fingerprint density at radius 2 is 1.74 bits per heavy atom. The second-order valence-corrected chi connectivity index (χ2v) is 8.78. The first kappa shape index (κ1) is 19.4. The third kappa shape index (κ3) is 4.50. The fourth-order valence-electron chi connectivity index (χ4n) is 3.30. The summed E-state index contributed by atoms with van der Waals surface area (Å²) in [4.78, 5) is 0. The van der Waals surface area contributed by atoms with Crippen molar-refractivity contribution in [3.8, 4) is 11.5 Å². The third-order valence-electron chi connectivity index (χ3n) is 4.84. The van der Waals surface area contributed by atoms with Gasteiger partial charge in [0.25, 0.3) is 0 Å².